The van der Waals surface area contributed by atoms with Gasteiger partial charge in [0.1, 0.15) is 4.90 Å². The summed E-state index contributed by atoms with van der Waals surface area (Å²) in [5.74, 6) is 0.749. The number of hydrogen-bond acceptors (Lipinski definition) is 5. The lowest BCUT2D eigenvalue weighted by Crippen LogP contribution is -2.49. The largest absolute Gasteiger partial charge is 0.352 e. The van der Waals surface area contributed by atoms with E-state index in [0.29, 0.717) is 26.2 Å². The van der Waals surface area contributed by atoms with Crippen LogP contribution in [-0.4, -0.2) is 49.1 Å². The average molecular weight is 443 g/mol. The number of halogens is 1. The molecule has 1 aromatic heterocycles. The number of aryl methyl sites for hydroxylation is 1. The SMILES string of the molecule is CCc1ccc(-c2ccc(N3CCN(S(=O)(=O)c4ccccc4Cl)CC3)nn2)cc1. The first-order chi connectivity index (χ1) is 14.5. The lowest BCUT2D eigenvalue weighted by atomic mass is 10.1. The van der Waals surface area contributed by atoms with Crippen molar-refractivity contribution in [2.75, 3.05) is 31.1 Å². The number of sulfonamides is 1. The molecule has 0 unspecified atom stereocenters. The van der Waals surface area contributed by atoms with E-state index in [1.807, 2.05) is 12.1 Å². The first-order valence-electron chi connectivity index (χ1n) is 9.91. The van der Waals surface area contributed by atoms with E-state index in [2.05, 4.69) is 46.3 Å². The summed E-state index contributed by atoms with van der Waals surface area (Å²) >= 11 is 6.10. The minimum absolute atomic E-state index is 0.151. The third-order valence-corrected chi connectivity index (χ3v) is 7.72. The van der Waals surface area contributed by atoms with Crippen LogP contribution in [0, 0.1) is 0 Å². The van der Waals surface area contributed by atoms with Gasteiger partial charge in [-0.1, -0.05) is 54.9 Å². The van der Waals surface area contributed by atoms with Crippen molar-refractivity contribution < 1.29 is 8.42 Å². The summed E-state index contributed by atoms with van der Waals surface area (Å²) in [6.07, 6.45) is 1.00. The molecule has 0 atom stereocenters. The van der Waals surface area contributed by atoms with Crippen LogP contribution in [0.4, 0.5) is 5.82 Å². The van der Waals surface area contributed by atoms with Crippen molar-refractivity contribution in [2.45, 2.75) is 18.2 Å². The van der Waals surface area contributed by atoms with Crippen LogP contribution in [0.2, 0.25) is 5.02 Å². The number of anilines is 1. The number of benzene rings is 2. The van der Waals surface area contributed by atoms with Crippen molar-refractivity contribution in [3.05, 3.63) is 71.2 Å². The van der Waals surface area contributed by atoms with Crippen molar-refractivity contribution in [3.8, 4) is 11.3 Å². The van der Waals surface area contributed by atoms with E-state index in [0.717, 1.165) is 23.5 Å². The Kier molecular flexibility index (Phi) is 6.04. The molecule has 0 N–H and O–H groups in total. The fraction of sp³-hybridized carbons (Fsp3) is 0.273. The van der Waals surface area contributed by atoms with Gasteiger partial charge in [0.25, 0.3) is 0 Å². The summed E-state index contributed by atoms with van der Waals surface area (Å²) in [6.45, 7) is 3.96. The van der Waals surface area contributed by atoms with E-state index in [1.54, 1.807) is 24.3 Å². The zero-order valence-corrected chi connectivity index (χ0v) is 18.3. The molecule has 0 bridgehead atoms. The van der Waals surface area contributed by atoms with Crippen LogP contribution in [0.15, 0.2) is 65.6 Å². The van der Waals surface area contributed by atoms with E-state index >= 15 is 0 Å². The fourth-order valence-electron chi connectivity index (χ4n) is 3.51. The van der Waals surface area contributed by atoms with Crippen LogP contribution in [0.25, 0.3) is 11.3 Å². The van der Waals surface area contributed by atoms with Gasteiger partial charge in [0.2, 0.25) is 10.0 Å². The average Bonchev–Trinajstić information content (AvgIpc) is 2.79. The number of aromatic nitrogens is 2. The molecule has 1 aliphatic rings. The molecule has 1 fully saturated rings. The minimum Gasteiger partial charge on any atom is -0.352 e. The van der Waals surface area contributed by atoms with Gasteiger partial charge in [0, 0.05) is 31.7 Å². The molecule has 0 amide bonds. The zero-order chi connectivity index (χ0) is 21.1. The number of hydrogen-bond donors (Lipinski definition) is 0. The molecule has 8 heteroatoms. The van der Waals surface area contributed by atoms with E-state index < -0.39 is 10.0 Å². The maximum Gasteiger partial charge on any atom is 0.244 e. The summed E-state index contributed by atoms with van der Waals surface area (Å²) in [5, 5.41) is 8.98. The van der Waals surface area contributed by atoms with Gasteiger partial charge >= 0.3 is 0 Å². The molecular weight excluding hydrogens is 420 g/mol. The molecule has 3 aromatic rings. The van der Waals surface area contributed by atoms with Crippen molar-refractivity contribution in [3.63, 3.8) is 0 Å². The number of rotatable bonds is 5. The highest BCUT2D eigenvalue weighted by atomic mass is 35.5. The van der Waals surface area contributed by atoms with Crippen LogP contribution in [-0.2, 0) is 16.4 Å². The standard InChI is InChI=1S/C22H23ClN4O2S/c1-2-17-7-9-18(10-8-17)20-11-12-22(25-24-20)26-13-15-27(16-14-26)30(28,29)21-6-4-3-5-19(21)23/h3-12H,2,13-16H2,1H3. The molecule has 2 heterocycles. The third-order valence-electron chi connectivity index (χ3n) is 5.33. The summed E-state index contributed by atoms with van der Waals surface area (Å²) in [5.41, 5.74) is 3.14. The summed E-state index contributed by atoms with van der Waals surface area (Å²) in [7, 11) is -3.61. The summed E-state index contributed by atoms with van der Waals surface area (Å²) in [4.78, 5) is 2.20. The van der Waals surface area contributed by atoms with Crippen molar-refractivity contribution >= 4 is 27.4 Å². The molecule has 1 saturated heterocycles. The van der Waals surface area contributed by atoms with E-state index in [1.165, 1.54) is 9.87 Å². The number of nitrogens with zero attached hydrogens (tertiary/aromatic N) is 4. The second kappa shape index (κ2) is 8.71. The predicted molar refractivity (Wildman–Crippen MR) is 119 cm³/mol. The van der Waals surface area contributed by atoms with Crippen molar-refractivity contribution in [1.29, 1.82) is 0 Å². The van der Waals surface area contributed by atoms with Crippen molar-refractivity contribution in [2.24, 2.45) is 0 Å². The molecule has 4 rings (SSSR count). The van der Waals surface area contributed by atoms with Crippen molar-refractivity contribution in [1.82, 2.24) is 14.5 Å². The first kappa shape index (κ1) is 20.8. The highest BCUT2D eigenvalue weighted by molar-refractivity contribution is 7.89. The Morgan fingerprint density at radius 1 is 0.900 bits per heavy atom. The highest BCUT2D eigenvalue weighted by Crippen LogP contribution is 2.26. The van der Waals surface area contributed by atoms with Crippen LogP contribution < -0.4 is 4.90 Å². The second-order valence-corrected chi connectivity index (χ2v) is 9.46. The van der Waals surface area contributed by atoms with E-state index in [4.69, 9.17) is 11.6 Å². The lowest BCUT2D eigenvalue weighted by Gasteiger charge is -2.34. The minimum atomic E-state index is -3.61. The molecule has 2 aromatic carbocycles. The monoisotopic (exact) mass is 442 g/mol. The van der Waals surface area contributed by atoms with E-state index in [-0.39, 0.29) is 9.92 Å². The zero-order valence-electron chi connectivity index (χ0n) is 16.7. The maximum absolute atomic E-state index is 12.9. The van der Waals surface area contributed by atoms with Crippen LogP contribution in [0.5, 0.6) is 0 Å². The van der Waals surface area contributed by atoms with Gasteiger partial charge in [-0.25, -0.2) is 8.42 Å². The Morgan fingerprint density at radius 2 is 1.60 bits per heavy atom. The molecule has 0 aliphatic carbocycles. The molecule has 0 spiro atoms. The van der Waals surface area contributed by atoms with Gasteiger partial charge in [0.05, 0.1) is 10.7 Å². The van der Waals surface area contributed by atoms with Gasteiger partial charge in [-0.15, -0.1) is 10.2 Å². The van der Waals surface area contributed by atoms with Gasteiger partial charge in [-0.3, -0.25) is 0 Å². The lowest BCUT2D eigenvalue weighted by molar-refractivity contribution is 0.383. The molecule has 156 valence electrons. The van der Waals surface area contributed by atoms with Gasteiger partial charge in [-0.05, 0) is 36.2 Å². The maximum atomic E-state index is 12.9. The quantitative estimate of drug-likeness (QED) is 0.600. The van der Waals surface area contributed by atoms with Crippen LogP contribution in [0.1, 0.15) is 12.5 Å². The van der Waals surface area contributed by atoms with Gasteiger partial charge < -0.3 is 4.90 Å². The summed E-state index contributed by atoms with van der Waals surface area (Å²) < 4.78 is 27.3. The Labute approximate surface area is 182 Å². The molecular formula is C22H23ClN4O2S. The summed E-state index contributed by atoms with van der Waals surface area (Å²) in [6, 6.07) is 18.7. The Bertz CT molecular complexity index is 1110. The molecule has 0 radical (unpaired) electrons. The van der Waals surface area contributed by atoms with Crippen LogP contribution >= 0.6 is 11.6 Å². The Balaban J connectivity index is 1.43. The first-order valence-corrected chi connectivity index (χ1v) is 11.7. The normalized spacial score (nSPS) is 15.3. The fourth-order valence-corrected chi connectivity index (χ4v) is 5.43. The topological polar surface area (TPSA) is 66.4 Å². The predicted octanol–water partition coefficient (Wildman–Crippen LogP) is 3.87. The smallest absolute Gasteiger partial charge is 0.244 e. The Morgan fingerprint density at radius 3 is 2.20 bits per heavy atom. The Hall–Kier alpha value is -2.48. The molecule has 6 nitrogen and oxygen atoms in total. The molecule has 0 saturated carbocycles. The highest BCUT2D eigenvalue weighted by Gasteiger charge is 2.30. The molecule has 30 heavy (non-hydrogen) atoms. The number of piperazine rings is 1. The second-order valence-electron chi connectivity index (χ2n) is 7.15. The molecule has 1 aliphatic heterocycles. The van der Waals surface area contributed by atoms with Crippen LogP contribution in [0.3, 0.4) is 0 Å². The third kappa shape index (κ3) is 4.19. The van der Waals surface area contributed by atoms with Gasteiger partial charge in [0.15, 0.2) is 5.82 Å². The van der Waals surface area contributed by atoms with E-state index in [9.17, 15) is 8.42 Å². The van der Waals surface area contributed by atoms with Gasteiger partial charge in [-0.2, -0.15) is 4.31 Å².